The summed E-state index contributed by atoms with van der Waals surface area (Å²) in [4.78, 5) is 14.0. The number of aldehydes is 1. The molecule has 2 aromatic carbocycles. The summed E-state index contributed by atoms with van der Waals surface area (Å²) in [5, 5.41) is 0. The van der Waals surface area contributed by atoms with Gasteiger partial charge in [-0.05, 0) is 43.4 Å². The fraction of sp³-hybridized carbons (Fsp3) is 0.375. The molecule has 0 radical (unpaired) electrons. The smallest absolute Gasteiger partial charge is 0.137 e. The highest BCUT2D eigenvalue weighted by Crippen LogP contribution is 2.23. The second kappa shape index (κ2) is 9.63. The number of fused-ring (bicyclic) bond motifs is 1. The first kappa shape index (κ1) is 19.5. The Labute approximate surface area is 162 Å². The van der Waals surface area contributed by atoms with E-state index in [-0.39, 0.29) is 12.1 Å². The second-order valence-corrected chi connectivity index (χ2v) is 7.54. The van der Waals surface area contributed by atoms with Crippen molar-refractivity contribution >= 4 is 6.29 Å². The molecule has 1 aliphatic heterocycles. The molecule has 0 amide bonds. The van der Waals surface area contributed by atoms with Gasteiger partial charge in [-0.15, -0.1) is 0 Å². The highest BCUT2D eigenvalue weighted by Gasteiger charge is 2.27. The maximum Gasteiger partial charge on any atom is 0.137 e. The zero-order chi connectivity index (χ0) is 19.1. The standard InChI is InChI=1S/C24H29NO2/c1-19(2)12-13-24(27-18-20-8-4-3-5-9-20)16-25-15-22-11-7-6-10-21(22)14-23(25)17-26/h3-12,17,23-24H,13-16,18H2,1-2H3/t23-,24-/m0/s1. The Balaban J connectivity index is 1.70. The number of ether oxygens (including phenoxy) is 1. The summed E-state index contributed by atoms with van der Waals surface area (Å²) in [7, 11) is 0. The molecular weight excluding hydrogens is 334 g/mol. The predicted molar refractivity (Wildman–Crippen MR) is 109 cm³/mol. The van der Waals surface area contributed by atoms with Crippen LogP contribution in [-0.4, -0.2) is 29.9 Å². The molecule has 0 fully saturated rings. The van der Waals surface area contributed by atoms with Crippen molar-refractivity contribution in [1.29, 1.82) is 0 Å². The Morgan fingerprint density at radius 3 is 2.52 bits per heavy atom. The van der Waals surface area contributed by atoms with E-state index in [0.29, 0.717) is 6.61 Å². The fourth-order valence-electron chi connectivity index (χ4n) is 3.55. The van der Waals surface area contributed by atoms with Crippen molar-refractivity contribution < 1.29 is 9.53 Å². The van der Waals surface area contributed by atoms with Crippen molar-refractivity contribution in [3.05, 3.63) is 82.9 Å². The summed E-state index contributed by atoms with van der Waals surface area (Å²) < 4.78 is 6.26. The first-order chi connectivity index (χ1) is 13.2. The molecule has 1 aliphatic rings. The lowest BCUT2D eigenvalue weighted by atomic mass is 9.94. The molecule has 0 aromatic heterocycles. The molecule has 2 aromatic rings. The minimum atomic E-state index is -0.0746. The number of nitrogens with zero attached hydrogens (tertiary/aromatic N) is 1. The summed E-state index contributed by atoms with van der Waals surface area (Å²) in [6.07, 6.45) is 5.02. The number of rotatable bonds is 8. The van der Waals surface area contributed by atoms with E-state index in [0.717, 1.165) is 32.2 Å². The zero-order valence-electron chi connectivity index (χ0n) is 16.3. The van der Waals surface area contributed by atoms with E-state index < -0.39 is 0 Å². The fourth-order valence-corrected chi connectivity index (χ4v) is 3.55. The van der Waals surface area contributed by atoms with Gasteiger partial charge in [-0.25, -0.2) is 0 Å². The molecule has 1 heterocycles. The van der Waals surface area contributed by atoms with Gasteiger partial charge < -0.3 is 9.53 Å². The second-order valence-electron chi connectivity index (χ2n) is 7.54. The minimum absolute atomic E-state index is 0.0628. The third-order valence-electron chi connectivity index (χ3n) is 5.10. The van der Waals surface area contributed by atoms with Crippen LogP contribution in [0.5, 0.6) is 0 Å². The normalized spacial score (nSPS) is 17.8. The summed E-state index contributed by atoms with van der Waals surface area (Å²) in [5.74, 6) is 0. The van der Waals surface area contributed by atoms with Gasteiger partial charge in [-0.3, -0.25) is 4.90 Å². The van der Waals surface area contributed by atoms with Crippen molar-refractivity contribution in [2.75, 3.05) is 6.54 Å². The summed E-state index contributed by atoms with van der Waals surface area (Å²) in [6.45, 7) is 6.38. The zero-order valence-corrected chi connectivity index (χ0v) is 16.3. The van der Waals surface area contributed by atoms with Gasteiger partial charge in [-0.1, -0.05) is 66.2 Å². The average Bonchev–Trinajstić information content (AvgIpc) is 2.70. The molecule has 0 N–H and O–H groups in total. The molecule has 0 saturated heterocycles. The largest absolute Gasteiger partial charge is 0.372 e. The molecule has 0 saturated carbocycles. The van der Waals surface area contributed by atoms with Gasteiger partial charge in [0, 0.05) is 13.1 Å². The van der Waals surface area contributed by atoms with Gasteiger partial charge in [0.2, 0.25) is 0 Å². The lowest BCUT2D eigenvalue weighted by Gasteiger charge is -2.36. The number of hydrogen-bond donors (Lipinski definition) is 0. The van der Waals surface area contributed by atoms with Gasteiger partial charge in [0.25, 0.3) is 0 Å². The Morgan fingerprint density at radius 1 is 1.11 bits per heavy atom. The third-order valence-corrected chi connectivity index (χ3v) is 5.10. The maximum absolute atomic E-state index is 11.7. The van der Waals surface area contributed by atoms with Crippen LogP contribution in [0.4, 0.5) is 0 Å². The number of allylic oxidation sites excluding steroid dienone is 1. The molecule has 0 bridgehead atoms. The Kier molecular flexibility index (Phi) is 6.97. The van der Waals surface area contributed by atoms with Gasteiger partial charge >= 0.3 is 0 Å². The van der Waals surface area contributed by atoms with E-state index in [1.165, 1.54) is 22.3 Å². The first-order valence-corrected chi connectivity index (χ1v) is 9.70. The van der Waals surface area contributed by atoms with E-state index >= 15 is 0 Å². The SMILES string of the molecule is CC(C)=CC[C@@H](CN1Cc2ccccc2C[C@H]1C=O)OCc1ccccc1. The molecule has 3 rings (SSSR count). The van der Waals surface area contributed by atoms with E-state index in [1.54, 1.807) is 0 Å². The molecule has 3 heteroatoms. The quantitative estimate of drug-likeness (QED) is 0.509. The molecule has 2 atom stereocenters. The molecule has 27 heavy (non-hydrogen) atoms. The molecule has 0 aliphatic carbocycles. The molecule has 3 nitrogen and oxygen atoms in total. The monoisotopic (exact) mass is 363 g/mol. The molecular formula is C24H29NO2. The Morgan fingerprint density at radius 2 is 1.81 bits per heavy atom. The maximum atomic E-state index is 11.7. The van der Waals surface area contributed by atoms with E-state index in [4.69, 9.17) is 4.74 Å². The van der Waals surface area contributed by atoms with Gasteiger partial charge in [0.05, 0.1) is 18.8 Å². The van der Waals surface area contributed by atoms with Gasteiger partial charge in [-0.2, -0.15) is 0 Å². The Bertz CT molecular complexity index is 765. The van der Waals surface area contributed by atoms with Crippen LogP contribution >= 0.6 is 0 Å². The van der Waals surface area contributed by atoms with Crippen LogP contribution in [0.25, 0.3) is 0 Å². The number of carbonyl (C=O) groups excluding carboxylic acids is 1. The summed E-state index contributed by atoms with van der Waals surface area (Å²) in [6, 6.07) is 18.6. The average molecular weight is 364 g/mol. The van der Waals surface area contributed by atoms with E-state index in [9.17, 15) is 4.79 Å². The van der Waals surface area contributed by atoms with Crippen molar-refractivity contribution in [3.8, 4) is 0 Å². The van der Waals surface area contributed by atoms with Crippen LogP contribution in [-0.2, 0) is 29.1 Å². The molecule has 0 spiro atoms. The first-order valence-electron chi connectivity index (χ1n) is 9.70. The summed E-state index contributed by atoms with van der Waals surface area (Å²) in [5.41, 5.74) is 5.08. The lowest BCUT2D eigenvalue weighted by molar-refractivity contribution is -0.113. The van der Waals surface area contributed by atoms with E-state index in [1.807, 2.05) is 18.2 Å². The third kappa shape index (κ3) is 5.62. The van der Waals surface area contributed by atoms with Crippen molar-refractivity contribution in [2.24, 2.45) is 0 Å². The predicted octanol–water partition coefficient (Wildman–Crippen LogP) is 4.55. The number of carbonyl (C=O) groups is 1. The Hall–Kier alpha value is -2.23. The van der Waals surface area contributed by atoms with E-state index in [2.05, 4.69) is 61.2 Å². The van der Waals surface area contributed by atoms with Crippen LogP contribution in [0, 0.1) is 0 Å². The van der Waals surface area contributed by atoms with Crippen LogP contribution in [0.3, 0.4) is 0 Å². The summed E-state index contributed by atoms with van der Waals surface area (Å²) >= 11 is 0. The van der Waals surface area contributed by atoms with Gasteiger partial charge in [0.15, 0.2) is 0 Å². The van der Waals surface area contributed by atoms with Crippen LogP contribution in [0.2, 0.25) is 0 Å². The van der Waals surface area contributed by atoms with Gasteiger partial charge in [0.1, 0.15) is 6.29 Å². The molecule has 0 unspecified atom stereocenters. The van der Waals surface area contributed by atoms with Crippen molar-refractivity contribution in [1.82, 2.24) is 4.90 Å². The number of hydrogen-bond acceptors (Lipinski definition) is 3. The number of benzene rings is 2. The molecule has 142 valence electrons. The van der Waals surface area contributed by atoms with Crippen LogP contribution < -0.4 is 0 Å². The highest BCUT2D eigenvalue weighted by atomic mass is 16.5. The van der Waals surface area contributed by atoms with Crippen LogP contribution in [0.1, 0.15) is 37.0 Å². The van der Waals surface area contributed by atoms with Crippen molar-refractivity contribution in [3.63, 3.8) is 0 Å². The van der Waals surface area contributed by atoms with Crippen LogP contribution in [0.15, 0.2) is 66.2 Å². The topological polar surface area (TPSA) is 29.5 Å². The van der Waals surface area contributed by atoms with Crippen molar-refractivity contribution in [2.45, 2.75) is 52.0 Å². The lowest BCUT2D eigenvalue weighted by Crippen LogP contribution is -2.45. The highest BCUT2D eigenvalue weighted by molar-refractivity contribution is 5.59. The minimum Gasteiger partial charge on any atom is -0.372 e.